The van der Waals surface area contributed by atoms with E-state index in [-0.39, 0.29) is 6.10 Å². The van der Waals surface area contributed by atoms with E-state index in [2.05, 4.69) is 43.3 Å². The van der Waals surface area contributed by atoms with Crippen molar-refractivity contribution >= 4 is 0 Å². The Bertz CT molecular complexity index is 387. The molecule has 0 spiro atoms. The summed E-state index contributed by atoms with van der Waals surface area (Å²) in [5.41, 5.74) is 0. The van der Waals surface area contributed by atoms with Gasteiger partial charge in [0.15, 0.2) is 0 Å². The van der Waals surface area contributed by atoms with E-state index in [1.165, 1.54) is 38.2 Å². The topological polar surface area (TPSA) is 29.5 Å². The zero-order valence-corrected chi connectivity index (χ0v) is 12.7. The normalized spacial score (nSPS) is 12.9. The molecule has 0 aliphatic heterocycles. The summed E-state index contributed by atoms with van der Waals surface area (Å²) in [7, 11) is 1.62. The van der Waals surface area contributed by atoms with Crippen molar-refractivity contribution in [2.24, 2.45) is 0 Å². The van der Waals surface area contributed by atoms with Crippen LogP contribution in [0, 0.1) is 23.7 Å². The number of aliphatic hydroxyl groups is 1. The second kappa shape index (κ2) is 13.9. The predicted molar refractivity (Wildman–Crippen MR) is 85.1 cm³/mol. The van der Waals surface area contributed by atoms with E-state index in [4.69, 9.17) is 9.84 Å². The first-order valence-electron chi connectivity index (χ1n) is 7.25. The Kier molecular flexibility index (Phi) is 12.9. The lowest BCUT2D eigenvalue weighted by Crippen LogP contribution is -2.02. The molecule has 0 fully saturated rings. The first-order valence-corrected chi connectivity index (χ1v) is 7.25. The second-order valence-electron chi connectivity index (χ2n) is 4.51. The minimum Gasteiger partial charge on any atom is -0.377 e. The molecule has 2 atom stereocenters. The number of hydrogen-bond acceptors (Lipinski definition) is 2. The lowest BCUT2D eigenvalue weighted by molar-refractivity contribution is 0.184. The largest absolute Gasteiger partial charge is 0.377 e. The quantitative estimate of drug-likeness (QED) is 0.396. The van der Waals surface area contributed by atoms with E-state index in [1.54, 1.807) is 7.11 Å². The number of methoxy groups -OCH3 is 1. The summed E-state index contributed by atoms with van der Waals surface area (Å²) in [6.45, 7) is 5.65. The van der Waals surface area contributed by atoms with Crippen LogP contribution in [-0.4, -0.2) is 24.4 Å². The van der Waals surface area contributed by atoms with Crippen LogP contribution in [-0.2, 0) is 4.74 Å². The zero-order chi connectivity index (χ0) is 15.1. The Balaban J connectivity index is 3.99. The van der Waals surface area contributed by atoms with Crippen molar-refractivity contribution in [2.75, 3.05) is 7.11 Å². The SMILES string of the molecule is C=CC(O)C#CC#CC(C=CCCCCCCC)OC. The van der Waals surface area contributed by atoms with Crippen LogP contribution in [0.15, 0.2) is 24.8 Å². The Hall–Kier alpha value is -1.48. The van der Waals surface area contributed by atoms with E-state index in [9.17, 15) is 0 Å². The molecular weight excluding hydrogens is 248 g/mol. The standard InChI is InChI=1S/C18H26O2/c1-4-6-7-8-9-10-11-15-18(20-3)16-13-12-14-17(19)5-2/h5,11,15,17-19H,2,4,6-10H2,1,3H3. The molecule has 1 N–H and O–H groups in total. The third kappa shape index (κ3) is 11.6. The Morgan fingerprint density at radius 1 is 1.15 bits per heavy atom. The molecule has 0 heterocycles. The van der Waals surface area contributed by atoms with E-state index >= 15 is 0 Å². The maximum Gasteiger partial charge on any atom is 0.137 e. The minimum atomic E-state index is -0.816. The van der Waals surface area contributed by atoms with Gasteiger partial charge in [0.05, 0.1) is 0 Å². The van der Waals surface area contributed by atoms with Crippen molar-refractivity contribution in [3.05, 3.63) is 24.8 Å². The average Bonchev–Trinajstić information content (AvgIpc) is 2.48. The number of rotatable bonds is 9. The molecule has 0 bridgehead atoms. The van der Waals surface area contributed by atoms with Crippen LogP contribution in [0.3, 0.4) is 0 Å². The minimum absolute atomic E-state index is 0.235. The third-order valence-electron chi connectivity index (χ3n) is 2.76. The number of unbranched alkanes of at least 4 members (excludes halogenated alkanes) is 5. The van der Waals surface area contributed by atoms with Crippen LogP contribution in [0.2, 0.25) is 0 Å². The smallest absolute Gasteiger partial charge is 0.137 e. The van der Waals surface area contributed by atoms with Crippen LogP contribution in [0.25, 0.3) is 0 Å². The number of ether oxygens (including phenoxy) is 1. The van der Waals surface area contributed by atoms with Crippen molar-refractivity contribution in [1.29, 1.82) is 0 Å². The Labute approximate surface area is 123 Å². The Morgan fingerprint density at radius 2 is 1.85 bits per heavy atom. The van der Waals surface area contributed by atoms with E-state index in [0.717, 1.165) is 6.42 Å². The van der Waals surface area contributed by atoms with Gasteiger partial charge in [-0.1, -0.05) is 63.2 Å². The molecule has 0 aliphatic carbocycles. The summed E-state index contributed by atoms with van der Waals surface area (Å²) in [6, 6.07) is 0. The first-order chi connectivity index (χ1) is 9.74. The molecule has 0 aliphatic rings. The maximum atomic E-state index is 9.14. The lowest BCUT2D eigenvalue weighted by atomic mass is 10.1. The summed E-state index contributed by atoms with van der Waals surface area (Å²) in [6.07, 6.45) is 11.9. The highest BCUT2D eigenvalue weighted by atomic mass is 16.5. The van der Waals surface area contributed by atoms with Crippen molar-refractivity contribution in [1.82, 2.24) is 0 Å². The van der Waals surface area contributed by atoms with Gasteiger partial charge >= 0.3 is 0 Å². The van der Waals surface area contributed by atoms with Gasteiger partial charge in [-0.3, -0.25) is 0 Å². The molecule has 0 aromatic carbocycles. The zero-order valence-electron chi connectivity index (χ0n) is 12.7. The Morgan fingerprint density at radius 3 is 2.50 bits per heavy atom. The molecule has 0 radical (unpaired) electrons. The summed E-state index contributed by atoms with van der Waals surface area (Å²) in [5, 5.41) is 9.14. The van der Waals surface area contributed by atoms with Gasteiger partial charge in [-0.25, -0.2) is 0 Å². The van der Waals surface area contributed by atoms with Crippen LogP contribution in [0.4, 0.5) is 0 Å². The van der Waals surface area contributed by atoms with Gasteiger partial charge in [-0.2, -0.15) is 0 Å². The fourth-order valence-electron chi connectivity index (χ4n) is 1.55. The van der Waals surface area contributed by atoms with Crippen LogP contribution in [0.1, 0.15) is 45.4 Å². The fraction of sp³-hybridized carbons (Fsp3) is 0.556. The van der Waals surface area contributed by atoms with Crippen molar-refractivity contribution in [3.63, 3.8) is 0 Å². The number of hydrogen-bond donors (Lipinski definition) is 1. The molecule has 2 heteroatoms. The lowest BCUT2D eigenvalue weighted by Gasteiger charge is -2.01. The first kappa shape index (κ1) is 18.5. The van der Waals surface area contributed by atoms with Crippen molar-refractivity contribution in [3.8, 4) is 23.7 Å². The number of aliphatic hydroxyl groups excluding tert-OH is 1. The molecule has 0 amide bonds. The molecule has 2 nitrogen and oxygen atoms in total. The van der Waals surface area contributed by atoms with Gasteiger partial charge in [0.25, 0.3) is 0 Å². The van der Waals surface area contributed by atoms with Gasteiger partial charge < -0.3 is 9.84 Å². The molecule has 0 rings (SSSR count). The van der Waals surface area contributed by atoms with E-state index in [0.29, 0.717) is 0 Å². The fourth-order valence-corrected chi connectivity index (χ4v) is 1.55. The third-order valence-corrected chi connectivity index (χ3v) is 2.76. The molecular formula is C18H26O2. The van der Waals surface area contributed by atoms with Crippen LogP contribution >= 0.6 is 0 Å². The van der Waals surface area contributed by atoms with Gasteiger partial charge in [0.2, 0.25) is 0 Å². The second-order valence-corrected chi connectivity index (χ2v) is 4.51. The molecule has 20 heavy (non-hydrogen) atoms. The van der Waals surface area contributed by atoms with Crippen molar-refractivity contribution in [2.45, 2.75) is 57.7 Å². The molecule has 0 saturated heterocycles. The molecule has 0 saturated carbocycles. The predicted octanol–water partition coefficient (Wildman–Crippen LogP) is 3.47. The molecule has 110 valence electrons. The highest BCUT2D eigenvalue weighted by Crippen LogP contribution is 2.05. The summed E-state index contributed by atoms with van der Waals surface area (Å²) in [4.78, 5) is 0. The molecule has 0 aromatic rings. The van der Waals surface area contributed by atoms with Crippen LogP contribution < -0.4 is 0 Å². The van der Waals surface area contributed by atoms with E-state index < -0.39 is 6.10 Å². The maximum absolute atomic E-state index is 9.14. The summed E-state index contributed by atoms with van der Waals surface area (Å²) < 4.78 is 5.22. The highest BCUT2D eigenvalue weighted by Gasteiger charge is 1.94. The highest BCUT2D eigenvalue weighted by molar-refractivity contribution is 5.31. The van der Waals surface area contributed by atoms with Gasteiger partial charge in [0.1, 0.15) is 12.2 Å². The summed E-state index contributed by atoms with van der Waals surface area (Å²) >= 11 is 0. The summed E-state index contributed by atoms with van der Waals surface area (Å²) in [5.74, 6) is 10.7. The van der Waals surface area contributed by atoms with E-state index in [1.807, 2.05) is 6.08 Å². The molecule has 2 unspecified atom stereocenters. The number of allylic oxidation sites excluding steroid dienone is 1. The van der Waals surface area contributed by atoms with Crippen LogP contribution in [0.5, 0.6) is 0 Å². The van der Waals surface area contributed by atoms with Crippen molar-refractivity contribution < 1.29 is 9.84 Å². The van der Waals surface area contributed by atoms with Gasteiger partial charge in [-0.05, 0) is 30.8 Å². The van der Waals surface area contributed by atoms with Gasteiger partial charge in [0, 0.05) is 7.11 Å². The monoisotopic (exact) mass is 274 g/mol. The molecule has 0 aromatic heterocycles. The average molecular weight is 274 g/mol. The van der Waals surface area contributed by atoms with Gasteiger partial charge in [-0.15, -0.1) is 0 Å².